The number of likely N-dealkylation sites (tertiary alicyclic amines) is 1. The van der Waals surface area contributed by atoms with Gasteiger partial charge < -0.3 is 14.8 Å². The second kappa shape index (κ2) is 7.66. The number of carbonyl (C=O) groups excluding carboxylic acids is 1. The first-order valence-corrected chi connectivity index (χ1v) is 9.82. The second-order valence-corrected chi connectivity index (χ2v) is 7.60. The Bertz CT molecular complexity index is 773. The molecular weight excluding hydrogens is 350 g/mol. The van der Waals surface area contributed by atoms with Crippen LogP contribution in [0.15, 0.2) is 24.3 Å². The summed E-state index contributed by atoms with van der Waals surface area (Å²) in [6.07, 6.45) is 6.69. The number of urea groups is 1. The third kappa shape index (κ3) is 3.70. The third-order valence-corrected chi connectivity index (χ3v) is 5.56. The molecule has 1 fully saturated rings. The van der Waals surface area contributed by atoms with Crippen LogP contribution < -0.4 is 5.32 Å². The molecule has 3 heterocycles. The van der Waals surface area contributed by atoms with Crippen molar-refractivity contribution >= 4 is 23.3 Å². The Morgan fingerprint density at radius 2 is 1.92 bits per heavy atom. The summed E-state index contributed by atoms with van der Waals surface area (Å²) in [5, 5.41) is 12.5. The Kier molecular flexibility index (Phi) is 5.11. The molecule has 0 radical (unpaired) electrons. The van der Waals surface area contributed by atoms with Gasteiger partial charge in [-0.15, -0.1) is 10.2 Å². The average molecular weight is 374 g/mol. The lowest BCUT2D eigenvalue weighted by Gasteiger charge is -2.32. The molecule has 26 heavy (non-hydrogen) atoms. The van der Waals surface area contributed by atoms with Crippen LogP contribution in [-0.2, 0) is 13.0 Å². The number of carbonyl (C=O) groups is 1. The van der Waals surface area contributed by atoms with Gasteiger partial charge in [0.2, 0.25) is 0 Å². The summed E-state index contributed by atoms with van der Waals surface area (Å²) >= 11 is 5.90. The topological polar surface area (TPSA) is 63.1 Å². The number of hydrogen-bond donors (Lipinski definition) is 1. The van der Waals surface area contributed by atoms with Gasteiger partial charge in [0.25, 0.3) is 0 Å². The Balaban J connectivity index is 1.45. The molecular formula is C19H24ClN5O. The van der Waals surface area contributed by atoms with Crippen LogP contribution in [0.25, 0.3) is 0 Å². The van der Waals surface area contributed by atoms with E-state index in [2.05, 4.69) is 20.1 Å². The van der Waals surface area contributed by atoms with Crippen LogP contribution in [0.4, 0.5) is 10.5 Å². The third-order valence-electron chi connectivity index (χ3n) is 5.31. The summed E-state index contributed by atoms with van der Waals surface area (Å²) in [6.45, 7) is 2.47. The fourth-order valence-electron chi connectivity index (χ4n) is 3.92. The predicted molar refractivity (Wildman–Crippen MR) is 102 cm³/mol. The maximum absolute atomic E-state index is 12.7. The Morgan fingerprint density at radius 1 is 1.08 bits per heavy atom. The van der Waals surface area contributed by atoms with Gasteiger partial charge in [0.15, 0.2) is 0 Å². The number of benzene rings is 1. The van der Waals surface area contributed by atoms with Gasteiger partial charge in [-0.25, -0.2) is 4.79 Å². The number of anilines is 1. The Labute approximate surface area is 158 Å². The number of piperidine rings is 1. The lowest BCUT2D eigenvalue weighted by molar-refractivity contribution is 0.190. The van der Waals surface area contributed by atoms with Crippen LogP contribution in [0.5, 0.6) is 0 Å². The lowest BCUT2D eigenvalue weighted by atomic mass is 9.97. The minimum absolute atomic E-state index is 0.0624. The van der Waals surface area contributed by atoms with E-state index in [1.54, 1.807) is 12.1 Å². The van der Waals surface area contributed by atoms with Crippen LogP contribution in [0, 0.1) is 0 Å². The summed E-state index contributed by atoms with van der Waals surface area (Å²) in [5.41, 5.74) is 0.762. The largest absolute Gasteiger partial charge is 0.324 e. The highest BCUT2D eigenvalue weighted by atomic mass is 35.5. The van der Waals surface area contributed by atoms with Crippen molar-refractivity contribution in [2.24, 2.45) is 0 Å². The van der Waals surface area contributed by atoms with E-state index in [-0.39, 0.29) is 11.9 Å². The molecule has 1 unspecified atom stereocenters. The molecule has 0 spiro atoms. The monoisotopic (exact) mass is 373 g/mol. The molecule has 2 aromatic rings. The van der Waals surface area contributed by atoms with Crippen molar-refractivity contribution in [3.8, 4) is 0 Å². The summed E-state index contributed by atoms with van der Waals surface area (Å²) in [5.74, 6) is 2.44. The van der Waals surface area contributed by atoms with Crippen molar-refractivity contribution in [3.63, 3.8) is 0 Å². The Morgan fingerprint density at radius 3 is 2.77 bits per heavy atom. The van der Waals surface area contributed by atoms with E-state index in [4.69, 9.17) is 11.6 Å². The number of halogens is 1. The number of aromatic nitrogens is 3. The molecule has 1 aromatic carbocycles. The standard InChI is InChI=1S/C19H24ClN5O/c20-15-7-9-16(10-8-15)21-19(26)24-11-4-5-14(13-24)18-23-22-17-6-2-1-3-12-25(17)18/h7-10,14H,1-6,11-13H2,(H,21,26). The van der Waals surface area contributed by atoms with Gasteiger partial charge in [-0.2, -0.15) is 0 Å². The van der Waals surface area contributed by atoms with Crippen molar-refractivity contribution in [2.45, 2.75) is 51.0 Å². The van der Waals surface area contributed by atoms with Crippen molar-refractivity contribution in [3.05, 3.63) is 40.9 Å². The zero-order valence-electron chi connectivity index (χ0n) is 14.8. The first kappa shape index (κ1) is 17.3. The smallest absolute Gasteiger partial charge is 0.321 e. The fraction of sp³-hybridized carbons (Fsp3) is 0.526. The van der Waals surface area contributed by atoms with Crippen LogP contribution in [0.2, 0.25) is 5.02 Å². The number of fused-ring (bicyclic) bond motifs is 1. The molecule has 7 heteroatoms. The van der Waals surface area contributed by atoms with Crippen LogP contribution in [0.1, 0.15) is 49.7 Å². The van der Waals surface area contributed by atoms with Gasteiger partial charge in [0.1, 0.15) is 11.6 Å². The second-order valence-electron chi connectivity index (χ2n) is 7.16. The highest BCUT2D eigenvalue weighted by Gasteiger charge is 2.29. The normalized spacial score (nSPS) is 20.3. The van der Waals surface area contributed by atoms with Crippen molar-refractivity contribution < 1.29 is 4.79 Å². The molecule has 6 nitrogen and oxygen atoms in total. The fourth-order valence-corrected chi connectivity index (χ4v) is 4.04. The van der Waals surface area contributed by atoms with Crippen LogP contribution >= 0.6 is 11.6 Å². The SMILES string of the molecule is O=C(Nc1ccc(Cl)cc1)N1CCCC(c2nnc3n2CCCCC3)C1. The van der Waals surface area contributed by atoms with Gasteiger partial charge in [-0.3, -0.25) is 0 Å². The maximum atomic E-state index is 12.7. The van der Waals surface area contributed by atoms with Crippen molar-refractivity contribution in [1.29, 1.82) is 0 Å². The number of nitrogens with zero attached hydrogens (tertiary/aromatic N) is 4. The highest BCUT2D eigenvalue weighted by molar-refractivity contribution is 6.30. The van der Waals surface area contributed by atoms with Crippen molar-refractivity contribution in [1.82, 2.24) is 19.7 Å². The molecule has 1 aromatic heterocycles. The number of amides is 2. The summed E-state index contributed by atoms with van der Waals surface area (Å²) in [7, 11) is 0. The molecule has 138 valence electrons. The minimum Gasteiger partial charge on any atom is -0.324 e. The molecule has 0 aliphatic carbocycles. The molecule has 2 aliphatic heterocycles. The molecule has 2 amide bonds. The molecule has 0 saturated carbocycles. The number of nitrogens with one attached hydrogen (secondary N) is 1. The number of aryl methyl sites for hydroxylation is 1. The molecule has 1 atom stereocenters. The van der Waals surface area contributed by atoms with E-state index in [1.807, 2.05) is 17.0 Å². The van der Waals surface area contributed by atoms with Crippen LogP contribution in [-0.4, -0.2) is 38.8 Å². The molecule has 0 bridgehead atoms. The van der Waals surface area contributed by atoms with Crippen LogP contribution in [0.3, 0.4) is 0 Å². The predicted octanol–water partition coefficient (Wildman–Crippen LogP) is 4.07. The van der Waals surface area contributed by atoms with Gasteiger partial charge in [-0.1, -0.05) is 18.0 Å². The molecule has 1 saturated heterocycles. The quantitative estimate of drug-likeness (QED) is 0.863. The first-order chi connectivity index (χ1) is 12.7. The van der Waals surface area contributed by atoms with E-state index in [0.29, 0.717) is 11.6 Å². The van der Waals surface area contributed by atoms with E-state index in [0.717, 1.165) is 49.7 Å². The van der Waals surface area contributed by atoms with E-state index in [9.17, 15) is 4.79 Å². The first-order valence-electron chi connectivity index (χ1n) is 9.44. The maximum Gasteiger partial charge on any atom is 0.321 e. The summed E-state index contributed by atoms with van der Waals surface area (Å²) in [6, 6.07) is 7.14. The molecule has 1 N–H and O–H groups in total. The molecule has 2 aliphatic rings. The average Bonchev–Trinajstić information content (AvgIpc) is 2.92. The zero-order valence-corrected chi connectivity index (χ0v) is 15.6. The minimum atomic E-state index is -0.0624. The highest BCUT2D eigenvalue weighted by Crippen LogP contribution is 2.28. The number of rotatable bonds is 2. The molecule has 4 rings (SSSR count). The zero-order chi connectivity index (χ0) is 17.9. The summed E-state index contributed by atoms with van der Waals surface area (Å²) in [4.78, 5) is 14.5. The lowest BCUT2D eigenvalue weighted by Crippen LogP contribution is -2.42. The Hall–Kier alpha value is -2.08. The number of hydrogen-bond acceptors (Lipinski definition) is 3. The van der Waals surface area contributed by atoms with E-state index in [1.165, 1.54) is 19.3 Å². The van der Waals surface area contributed by atoms with Gasteiger partial charge >= 0.3 is 6.03 Å². The van der Waals surface area contributed by atoms with Gasteiger partial charge in [0.05, 0.1) is 0 Å². The van der Waals surface area contributed by atoms with Gasteiger partial charge in [-0.05, 0) is 49.9 Å². The van der Waals surface area contributed by atoms with Crippen molar-refractivity contribution in [2.75, 3.05) is 18.4 Å². The summed E-state index contributed by atoms with van der Waals surface area (Å²) < 4.78 is 2.30. The van der Waals surface area contributed by atoms with E-state index < -0.39 is 0 Å². The van der Waals surface area contributed by atoms with Gasteiger partial charge in [0, 0.05) is 42.7 Å². The van der Waals surface area contributed by atoms with E-state index >= 15 is 0 Å².